The predicted octanol–water partition coefficient (Wildman–Crippen LogP) is 1.45. The molecule has 0 aliphatic carbocycles. The van der Waals surface area contributed by atoms with E-state index in [9.17, 15) is 0 Å². The lowest BCUT2D eigenvalue weighted by molar-refractivity contribution is -0.465. The molecule has 0 aromatic carbocycles. The summed E-state index contributed by atoms with van der Waals surface area (Å²) in [5.74, 6) is -0.955. The third-order valence-electron chi connectivity index (χ3n) is 1.61. The van der Waals surface area contributed by atoms with Gasteiger partial charge in [0, 0.05) is 13.2 Å². The van der Waals surface area contributed by atoms with E-state index in [1.807, 2.05) is 20.8 Å². The van der Waals surface area contributed by atoms with E-state index in [0.29, 0.717) is 19.6 Å². The molecule has 1 saturated heterocycles. The van der Waals surface area contributed by atoms with Gasteiger partial charge in [-0.25, -0.2) is 4.89 Å². The van der Waals surface area contributed by atoms with Crippen molar-refractivity contribution in [2.24, 2.45) is 0 Å². The molecule has 4 heteroatoms. The zero-order valence-corrected chi connectivity index (χ0v) is 7.83. The van der Waals surface area contributed by atoms with Crippen LogP contribution < -0.4 is 0 Å². The molecule has 1 rings (SSSR count). The van der Waals surface area contributed by atoms with E-state index in [1.54, 1.807) is 0 Å². The maximum Gasteiger partial charge on any atom is 0.314 e. The minimum Gasteiger partial charge on any atom is -0.326 e. The fourth-order valence-electron chi connectivity index (χ4n) is 1.22. The van der Waals surface area contributed by atoms with Crippen molar-refractivity contribution in [3.8, 4) is 0 Å². The minimum atomic E-state index is -0.955. The molecule has 1 atom stereocenters. The van der Waals surface area contributed by atoms with E-state index >= 15 is 0 Å². The van der Waals surface area contributed by atoms with Crippen LogP contribution in [0.3, 0.4) is 0 Å². The zero-order valence-electron chi connectivity index (χ0n) is 7.83. The number of hydrogen-bond acceptors (Lipinski definition) is 4. The van der Waals surface area contributed by atoms with Crippen molar-refractivity contribution in [2.45, 2.75) is 39.3 Å². The monoisotopic (exact) mass is 176 g/mol. The van der Waals surface area contributed by atoms with Crippen LogP contribution in [0.15, 0.2) is 0 Å². The Morgan fingerprint density at radius 1 is 1.33 bits per heavy atom. The Balaban J connectivity index is 2.48. The molecular formula is C8H16O4. The van der Waals surface area contributed by atoms with Crippen molar-refractivity contribution in [1.29, 1.82) is 0 Å². The molecule has 0 radical (unpaired) electrons. The summed E-state index contributed by atoms with van der Waals surface area (Å²) in [6.07, 6.45) is 0.650. The first-order chi connectivity index (χ1) is 5.72. The highest BCUT2D eigenvalue weighted by atomic mass is 17.3. The zero-order chi connectivity index (χ0) is 9.03. The van der Waals surface area contributed by atoms with Crippen LogP contribution in [-0.4, -0.2) is 25.3 Å². The second-order valence-electron chi connectivity index (χ2n) is 2.74. The van der Waals surface area contributed by atoms with Crippen LogP contribution >= 0.6 is 0 Å². The predicted molar refractivity (Wildman–Crippen MR) is 42.2 cm³/mol. The third-order valence-corrected chi connectivity index (χ3v) is 1.61. The van der Waals surface area contributed by atoms with Crippen LogP contribution in [0.1, 0.15) is 27.2 Å². The molecule has 4 nitrogen and oxygen atoms in total. The van der Waals surface area contributed by atoms with Crippen LogP contribution in [0.5, 0.6) is 0 Å². The number of rotatable bonds is 4. The van der Waals surface area contributed by atoms with Crippen LogP contribution in [0.25, 0.3) is 0 Å². The van der Waals surface area contributed by atoms with Gasteiger partial charge < -0.3 is 9.47 Å². The van der Waals surface area contributed by atoms with Gasteiger partial charge in [-0.3, -0.25) is 0 Å². The molecule has 0 N–H and O–H groups in total. The molecule has 0 saturated carbocycles. The molecule has 72 valence electrons. The van der Waals surface area contributed by atoms with Crippen LogP contribution in [0.2, 0.25) is 0 Å². The van der Waals surface area contributed by atoms with Gasteiger partial charge in [-0.05, 0) is 20.8 Å². The first-order valence-electron chi connectivity index (χ1n) is 4.35. The highest BCUT2D eigenvalue weighted by Gasteiger charge is 2.43. The molecule has 0 aromatic rings. The molecular weight excluding hydrogens is 160 g/mol. The fourth-order valence-corrected chi connectivity index (χ4v) is 1.22. The largest absolute Gasteiger partial charge is 0.326 e. The van der Waals surface area contributed by atoms with Crippen molar-refractivity contribution in [3.05, 3.63) is 0 Å². The van der Waals surface area contributed by atoms with Crippen LogP contribution in [0.4, 0.5) is 0 Å². The summed E-state index contributed by atoms with van der Waals surface area (Å²) in [5, 5.41) is 0. The van der Waals surface area contributed by atoms with Crippen LogP contribution in [0, 0.1) is 0 Å². The van der Waals surface area contributed by atoms with E-state index in [1.165, 1.54) is 0 Å². The second kappa shape index (κ2) is 4.18. The standard InChI is InChI=1S/C8H16O4/c1-4-9-8(10-5-2)6-7(3)11-12-8/h7H,4-6H2,1-3H3. The van der Waals surface area contributed by atoms with E-state index in [2.05, 4.69) is 0 Å². The van der Waals surface area contributed by atoms with Gasteiger partial charge >= 0.3 is 5.97 Å². The van der Waals surface area contributed by atoms with Gasteiger partial charge in [0.05, 0.1) is 12.5 Å². The first-order valence-corrected chi connectivity index (χ1v) is 4.35. The summed E-state index contributed by atoms with van der Waals surface area (Å²) in [6.45, 7) is 6.81. The molecule has 1 aliphatic heterocycles. The highest BCUT2D eigenvalue weighted by molar-refractivity contribution is 4.65. The summed E-state index contributed by atoms with van der Waals surface area (Å²) >= 11 is 0. The summed E-state index contributed by atoms with van der Waals surface area (Å²) in [6, 6.07) is 0. The van der Waals surface area contributed by atoms with Gasteiger partial charge in [-0.15, -0.1) is 0 Å². The molecule has 0 amide bonds. The smallest absolute Gasteiger partial charge is 0.314 e. The van der Waals surface area contributed by atoms with E-state index in [4.69, 9.17) is 19.2 Å². The highest BCUT2D eigenvalue weighted by Crippen LogP contribution is 2.30. The Hall–Kier alpha value is -0.160. The molecule has 1 unspecified atom stereocenters. The van der Waals surface area contributed by atoms with Crippen molar-refractivity contribution in [1.82, 2.24) is 0 Å². The van der Waals surface area contributed by atoms with Gasteiger partial charge in [-0.1, -0.05) is 0 Å². The van der Waals surface area contributed by atoms with E-state index in [-0.39, 0.29) is 6.10 Å². The maximum atomic E-state index is 5.33. The maximum absolute atomic E-state index is 5.33. The Bertz CT molecular complexity index is 126. The normalized spacial score (nSPS) is 27.8. The van der Waals surface area contributed by atoms with Gasteiger partial charge in [0.25, 0.3) is 0 Å². The molecule has 1 fully saturated rings. The summed E-state index contributed by atoms with van der Waals surface area (Å²) < 4.78 is 10.7. The van der Waals surface area contributed by atoms with Gasteiger partial charge in [-0.2, -0.15) is 4.89 Å². The van der Waals surface area contributed by atoms with Gasteiger partial charge in [0.1, 0.15) is 0 Å². The summed E-state index contributed by atoms with van der Waals surface area (Å²) in [7, 11) is 0. The van der Waals surface area contributed by atoms with Crippen LogP contribution in [-0.2, 0) is 19.2 Å². The first kappa shape index (κ1) is 9.92. The summed E-state index contributed by atoms with van der Waals surface area (Å²) in [4.78, 5) is 9.91. The minimum absolute atomic E-state index is 0.0306. The quantitative estimate of drug-likeness (QED) is 0.480. The van der Waals surface area contributed by atoms with Crippen molar-refractivity contribution >= 4 is 0 Å². The Labute approximate surface area is 72.7 Å². The lowest BCUT2D eigenvalue weighted by Crippen LogP contribution is -2.35. The molecule has 0 bridgehead atoms. The Morgan fingerprint density at radius 2 is 1.92 bits per heavy atom. The molecule has 0 aromatic heterocycles. The number of hydrogen-bond donors (Lipinski definition) is 0. The Kier molecular flexibility index (Phi) is 3.46. The van der Waals surface area contributed by atoms with Gasteiger partial charge in [0.2, 0.25) is 0 Å². The van der Waals surface area contributed by atoms with E-state index in [0.717, 1.165) is 0 Å². The fraction of sp³-hybridized carbons (Fsp3) is 1.00. The number of ether oxygens (including phenoxy) is 2. The van der Waals surface area contributed by atoms with E-state index < -0.39 is 5.97 Å². The molecule has 0 spiro atoms. The van der Waals surface area contributed by atoms with Gasteiger partial charge in [0.15, 0.2) is 0 Å². The average Bonchev–Trinajstić information content (AvgIpc) is 2.34. The van der Waals surface area contributed by atoms with Crippen molar-refractivity contribution in [3.63, 3.8) is 0 Å². The lowest BCUT2D eigenvalue weighted by atomic mass is 10.2. The summed E-state index contributed by atoms with van der Waals surface area (Å²) in [5.41, 5.74) is 0. The third kappa shape index (κ3) is 2.17. The average molecular weight is 176 g/mol. The lowest BCUT2D eigenvalue weighted by Gasteiger charge is -2.24. The second-order valence-corrected chi connectivity index (χ2v) is 2.74. The molecule has 12 heavy (non-hydrogen) atoms. The van der Waals surface area contributed by atoms with Crippen molar-refractivity contribution < 1.29 is 19.2 Å². The van der Waals surface area contributed by atoms with Crippen molar-refractivity contribution in [2.75, 3.05) is 13.2 Å². The SMILES string of the molecule is CCOC1(OCC)CC(C)OO1. The molecule has 1 heterocycles. The molecule has 1 aliphatic rings. The Morgan fingerprint density at radius 3 is 2.25 bits per heavy atom. The topological polar surface area (TPSA) is 36.9 Å².